The Morgan fingerprint density at radius 3 is 2.81 bits per heavy atom. The Hall–Kier alpha value is -2.11. The Bertz CT molecular complexity index is 470. The molecule has 0 fully saturated rings. The summed E-state index contributed by atoms with van der Waals surface area (Å²) >= 11 is 0. The van der Waals surface area contributed by atoms with Crippen LogP contribution < -0.4 is 11.5 Å². The van der Waals surface area contributed by atoms with Gasteiger partial charge in [0.15, 0.2) is 5.82 Å². The number of rotatable bonds is 3. The molecule has 2 aromatic rings. The number of imidazole rings is 1. The predicted octanol–water partition coefficient (Wildman–Crippen LogP) is 0.914. The first-order chi connectivity index (χ1) is 7.70. The van der Waals surface area contributed by atoms with Crippen LogP contribution in [0, 0.1) is 0 Å². The maximum atomic E-state index is 5.62. The van der Waals surface area contributed by atoms with Crippen molar-refractivity contribution in [1.82, 2.24) is 19.5 Å². The summed E-state index contributed by atoms with van der Waals surface area (Å²) in [6, 6.07) is 1.67. The van der Waals surface area contributed by atoms with Gasteiger partial charge in [-0.05, 0) is 6.42 Å². The smallest absolute Gasteiger partial charge is 0.222 e. The van der Waals surface area contributed by atoms with Gasteiger partial charge in [-0.25, -0.2) is 9.97 Å². The van der Waals surface area contributed by atoms with Gasteiger partial charge >= 0.3 is 0 Å². The van der Waals surface area contributed by atoms with Crippen LogP contribution in [0.25, 0.3) is 11.5 Å². The zero-order valence-corrected chi connectivity index (χ0v) is 9.09. The molecule has 6 heteroatoms. The molecular weight excluding hydrogens is 204 g/mol. The zero-order valence-electron chi connectivity index (χ0n) is 9.09. The van der Waals surface area contributed by atoms with Crippen LogP contribution in [0.4, 0.5) is 11.8 Å². The largest absolute Gasteiger partial charge is 0.384 e. The molecule has 0 bridgehead atoms. The SMILES string of the molecule is CCCn1ccnc1-c1cc(N)nc(N)n1. The Morgan fingerprint density at radius 2 is 2.12 bits per heavy atom. The third-order valence-corrected chi connectivity index (χ3v) is 2.17. The minimum Gasteiger partial charge on any atom is -0.384 e. The van der Waals surface area contributed by atoms with Crippen LogP contribution in [0.2, 0.25) is 0 Å². The molecule has 0 aliphatic rings. The van der Waals surface area contributed by atoms with Crippen LogP contribution in [0.15, 0.2) is 18.5 Å². The number of anilines is 2. The number of nitrogens with zero attached hydrogens (tertiary/aromatic N) is 4. The van der Waals surface area contributed by atoms with E-state index in [4.69, 9.17) is 11.5 Å². The van der Waals surface area contributed by atoms with E-state index >= 15 is 0 Å². The molecule has 0 unspecified atom stereocenters. The lowest BCUT2D eigenvalue weighted by molar-refractivity contribution is 0.684. The Labute approximate surface area is 93.3 Å². The number of hydrogen-bond donors (Lipinski definition) is 2. The molecule has 0 saturated heterocycles. The maximum Gasteiger partial charge on any atom is 0.222 e. The van der Waals surface area contributed by atoms with E-state index in [1.54, 1.807) is 12.3 Å². The number of aryl methyl sites for hydroxylation is 1. The van der Waals surface area contributed by atoms with Crippen molar-refractivity contribution < 1.29 is 0 Å². The standard InChI is InChI=1S/C10H14N6/c1-2-4-16-5-3-13-9(16)7-6-8(11)15-10(12)14-7/h3,5-6H,2,4H2,1H3,(H4,11,12,14,15). The Kier molecular flexibility index (Phi) is 2.72. The fourth-order valence-electron chi connectivity index (χ4n) is 1.56. The minimum absolute atomic E-state index is 0.168. The third-order valence-electron chi connectivity index (χ3n) is 2.17. The van der Waals surface area contributed by atoms with Gasteiger partial charge in [0.25, 0.3) is 0 Å². The highest BCUT2D eigenvalue weighted by Gasteiger charge is 2.08. The van der Waals surface area contributed by atoms with Gasteiger partial charge in [-0.1, -0.05) is 6.92 Å². The second kappa shape index (κ2) is 4.18. The van der Waals surface area contributed by atoms with E-state index in [1.807, 2.05) is 10.8 Å². The quantitative estimate of drug-likeness (QED) is 0.798. The molecule has 4 N–H and O–H groups in total. The van der Waals surface area contributed by atoms with Gasteiger partial charge in [0.2, 0.25) is 5.95 Å². The van der Waals surface area contributed by atoms with Crippen LogP contribution in [0.3, 0.4) is 0 Å². The molecule has 0 aliphatic heterocycles. The van der Waals surface area contributed by atoms with Crippen LogP contribution in [0.5, 0.6) is 0 Å². The molecule has 0 aromatic carbocycles. The van der Waals surface area contributed by atoms with Crippen molar-refractivity contribution in [2.75, 3.05) is 11.5 Å². The van der Waals surface area contributed by atoms with E-state index in [0.717, 1.165) is 18.8 Å². The normalized spacial score (nSPS) is 10.6. The van der Waals surface area contributed by atoms with Crippen LogP contribution in [-0.4, -0.2) is 19.5 Å². The van der Waals surface area contributed by atoms with Crippen molar-refractivity contribution >= 4 is 11.8 Å². The molecule has 0 atom stereocenters. The van der Waals surface area contributed by atoms with E-state index < -0.39 is 0 Å². The summed E-state index contributed by atoms with van der Waals surface area (Å²) in [4.78, 5) is 12.2. The topological polar surface area (TPSA) is 95.6 Å². The highest BCUT2D eigenvalue weighted by molar-refractivity contribution is 5.56. The summed E-state index contributed by atoms with van der Waals surface area (Å²) < 4.78 is 2.02. The number of nitrogen functional groups attached to an aromatic ring is 2. The molecule has 0 radical (unpaired) electrons. The van der Waals surface area contributed by atoms with Gasteiger partial charge in [0.1, 0.15) is 11.5 Å². The lowest BCUT2D eigenvalue weighted by Gasteiger charge is -2.06. The molecule has 84 valence electrons. The molecule has 0 amide bonds. The molecule has 2 aromatic heterocycles. The number of aromatic nitrogens is 4. The molecule has 2 heterocycles. The lowest BCUT2D eigenvalue weighted by atomic mass is 10.3. The third kappa shape index (κ3) is 1.95. The van der Waals surface area contributed by atoms with Crippen molar-refractivity contribution in [3.63, 3.8) is 0 Å². The number of hydrogen-bond acceptors (Lipinski definition) is 5. The summed E-state index contributed by atoms with van der Waals surface area (Å²) in [5, 5.41) is 0. The summed E-state index contributed by atoms with van der Waals surface area (Å²) in [5.74, 6) is 1.29. The average molecular weight is 218 g/mol. The second-order valence-electron chi connectivity index (χ2n) is 3.48. The van der Waals surface area contributed by atoms with E-state index in [2.05, 4.69) is 21.9 Å². The van der Waals surface area contributed by atoms with E-state index in [1.165, 1.54) is 0 Å². The minimum atomic E-state index is 0.168. The maximum absolute atomic E-state index is 5.62. The molecule has 0 saturated carbocycles. The first-order valence-corrected chi connectivity index (χ1v) is 5.12. The van der Waals surface area contributed by atoms with Crippen molar-refractivity contribution in [1.29, 1.82) is 0 Å². The fraction of sp³-hybridized carbons (Fsp3) is 0.300. The predicted molar refractivity (Wildman–Crippen MR) is 62.4 cm³/mol. The van der Waals surface area contributed by atoms with Gasteiger partial charge in [0, 0.05) is 25.0 Å². The van der Waals surface area contributed by atoms with Crippen LogP contribution in [0.1, 0.15) is 13.3 Å². The summed E-state index contributed by atoms with van der Waals surface area (Å²) in [6.45, 7) is 2.99. The second-order valence-corrected chi connectivity index (χ2v) is 3.48. The first-order valence-electron chi connectivity index (χ1n) is 5.12. The van der Waals surface area contributed by atoms with Crippen molar-refractivity contribution in [2.24, 2.45) is 0 Å². The molecule has 6 nitrogen and oxygen atoms in total. The van der Waals surface area contributed by atoms with Gasteiger partial charge < -0.3 is 16.0 Å². The van der Waals surface area contributed by atoms with Crippen LogP contribution >= 0.6 is 0 Å². The summed E-state index contributed by atoms with van der Waals surface area (Å²) in [6.07, 6.45) is 4.67. The van der Waals surface area contributed by atoms with E-state index in [-0.39, 0.29) is 5.95 Å². The highest BCUT2D eigenvalue weighted by Crippen LogP contribution is 2.17. The van der Waals surface area contributed by atoms with Gasteiger partial charge in [-0.2, -0.15) is 4.98 Å². The molecule has 2 rings (SSSR count). The first kappa shape index (κ1) is 10.4. The van der Waals surface area contributed by atoms with Gasteiger partial charge in [0.05, 0.1) is 0 Å². The van der Waals surface area contributed by atoms with Crippen molar-refractivity contribution in [2.45, 2.75) is 19.9 Å². The summed E-state index contributed by atoms with van der Waals surface area (Å²) in [7, 11) is 0. The van der Waals surface area contributed by atoms with Crippen molar-refractivity contribution in [3.8, 4) is 11.5 Å². The lowest BCUT2D eigenvalue weighted by Crippen LogP contribution is -2.04. The van der Waals surface area contributed by atoms with Crippen molar-refractivity contribution in [3.05, 3.63) is 18.5 Å². The average Bonchev–Trinajstić information content (AvgIpc) is 2.65. The van der Waals surface area contributed by atoms with E-state index in [9.17, 15) is 0 Å². The Morgan fingerprint density at radius 1 is 1.31 bits per heavy atom. The van der Waals surface area contributed by atoms with Crippen LogP contribution in [-0.2, 0) is 6.54 Å². The van der Waals surface area contributed by atoms with Gasteiger partial charge in [-0.3, -0.25) is 0 Å². The van der Waals surface area contributed by atoms with E-state index in [0.29, 0.717) is 11.5 Å². The Balaban J connectivity index is 2.45. The highest BCUT2D eigenvalue weighted by atomic mass is 15.1. The zero-order chi connectivity index (χ0) is 11.5. The number of nitrogens with two attached hydrogens (primary N) is 2. The molecule has 16 heavy (non-hydrogen) atoms. The molecular formula is C10H14N6. The molecule has 0 spiro atoms. The molecule has 0 aliphatic carbocycles. The fourth-order valence-corrected chi connectivity index (χ4v) is 1.56. The summed E-state index contributed by atoms with van der Waals surface area (Å²) in [5.41, 5.74) is 11.8. The monoisotopic (exact) mass is 218 g/mol. The van der Waals surface area contributed by atoms with Gasteiger partial charge in [-0.15, -0.1) is 0 Å².